The molecule has 0 amide bonds. The number of anilines is 1. The van der Waals surface area contributed by atoms with Crippen LogP contribution in [0.5, 0.6) is 5.75 Å². The minimum Gasteiger partial charge on any atom is -0.495 e. The smallest absolute Gasteiger partial charge is 0.213 e. The first-order valence-electron chi connectivity index (χ1n) is 8.62. The Balaban J connectivity index is 1.69. The van der Waals surface area contributed by atoms with E-state index in [0.29, 0.717) is 6.54 Å². The summed E-state index contributed by atoms with van der Waals surface area (Å²) in [6, 6.07) is 8.08. The number of ether oxygens (including phenoxy) is 2. The number of nitrogens with one attached hydrogen (secondary N) is 1. The Morgan fingerprint density at radius 3 is 2.52 bits per heavy atom. The predicted octanol–water partition coefficient (Wildman–Crippen LogP) is 0.773. The Morgan fingerprint density at radius 1 is 1.12 bits per heavy atom. The van der Waals surface area contributed by atoms with Gasteiger partial charge in [0.25, 0.3) is 0 Å². The number of piperazine rings is 1. The van der Waals surface area contributed by atoms with Gasteiger partial charge in [0.1, 0.15) is 5.75 Å². The van der Waals surface area contributed by atoms with Crippen LogP contribution in [-0.2, 0) is 14.8 Å². The van der Waals surface area contributed by atoms with Crippen LogP contribution in [0.25, 0.3) is 0 Å². The van der Waals surface area contributed by atoms with Gasteiger partial charge in [0.15, 0.2) is 0 Å². The molecule has 1 aromatic rings. The number of hydrogen-bond donors (Lipinski definition) is 1. The van der Waals surface area contributed by atoms with Crippen molar-refractivity contribution < 1.29 is 17.9 Å². The first-order chi connectivity index (χ1) is 12.1. The summed E-state index contributed by atoms with van der Waals surface area (Å²) in [5.74, 6) is 0.919. The van der Waals surface area contributed by atoms with E-state index in [1.165, 1.54) is 7.11 Å². The summed E-state index contributed by atoms with van der Waals surface area (Å²) in [6.45, 7) is 5.41. The summed E-state index contributed by atoms with van der Waals surface area (Å²) in [6.07, 6.45) is 0.806. The number of nitrogens with zero attached hydrogens (tertiary/aromatic N) is 2. The van der Waals surface area contributed by atoms with Gasteiger partial charge in [0.2, 0.25) is 10.0 Å². The third-order valence-electron chi connectivity index (χ3n) is 4.33. The molecule has 1 fully saturated rings. The zero-order chi connectivity index (χ0) is 18.1. The van der Waals surface area contributed by atoms with Crippen LogP contribution in [-0.4, -0.2) is 79.2 Å². The molecule has 0 unspecified atom stereocenters. The highest BCUT2D eigenvalue weighted by molar-refractivity contribution is 7.89. The fourth-order valence-electron chi connectivity index (χ4n) is 2.90. The van der Waals surface area contributed by atoms with Crippen molar-refractivity contribution >= 4 is 15.7 Å². The monoisotopic (exact) mass is 371 g/mol. The van der Waals surface area contributed by atoms with Crippen molar-refractivity contribution in [1.29, 1.82) is 0 Å². The van der Waals surface area contributed by atoms with E-state index in [0.717, 1.165) is 50.6 Å². The van der Waals surface area contributed by atoms with Crippen molar-refractivity contribution in [3.63, 3.8) is 0 Å². The largest absolute Gasteiger partial charge is 0.495 e. The third kappa shape index (κ3) is 6.47. The molecular formula is C17H29N3O4S. The second kappa shape index (κ2) is 9.96. The van der Waals surface area contributed by atoms with E-state index in [4.69, 9.17) is 9.47 Å². The molecule has 0 spiro atoms. The number of benzene rings is 1. The highest BCUT2D eigenvalue weighted by Crippen LogP contribution is 2.28. The molecule has 0 bridgehead atoms. The van der Waals surface area contributed by atoms with Gasteiger partial charge < -0.3 is 14.4 Å². The van der Waals surface area contributed by atoms with E-state index in [-0.39, 0.29) is 12.4 Å². The van der Waals surface area contributed by atoms with E-state index in [9.17, 15) is 8.42 Å². The lowest BCUT2D eigenvalue weighted by Gasteiger charge is -2.36. The van der Waals surface area contributed by atoms with Crippen LogP contribution in [0.1, 0.15) is 6.42 Å². The van der Waals surface area contributed by atoms with E-state index in [2.05, 4.69) is 20.6 Å². The predicted molar refractivity (Wildman–Crippen MR) is 99.9 cm³/mol. The molecule has 1 aliphatic heterocycles. The number of sulfonamides is 1. The Morgan fingerprint density at radius 2 is 1.84 bits per heavy atom. The average Bonchev–Trinajstić information content (AvgIpc) is 2.64. The molecule has 0 atom stereocenters. The molecule has 1 aromatic carbocycles. The lowest BCUT2D eigenvalue weighted by molar-refractivity contribution is 0.217. The van der Waals surface area contributed by atoms with Crippen LogP contribution in [0.4, 0.5) is 5.69 Å². The van der Waals surface area contributed by atoms with Crippen LogP contribution in [0.15, 0.2) is 24.3 Å². The maximum absolute atomic E-state index is 11.7. The van der Waals surface area contributed by atoms with Crippen LogP contribution in [0.3, 0.4) is 0 Å². The van der Waals surface area contributed by atoms with Gasteiger partial charge >= 0.3 is 0 Å². The van der Waals surface area contributed by atoms with Gasteiger partial charge in [0, 0.05) is 39.8 Å². The summed E-state index contributed by atoms with van der Waals surface area (Å²) in [4.78, 5) is 4.71. The van der Waals surface area contributed by atoms with E-state index >= 15 is 0 Å². The summed E-state index contributed by atoms with van der Waals surface area (Å²) < 4.78 is 36.2. The van der Waals surface area contributed by atoms with Crippen molar-refractivity contribution in [1.82, 2.24) is 9.62 Å². The summed E-state index contributed by atoms with van der Waals surface area (Å²) in [7, 11) is -0.0175. The Hall–Kier alpha value is -1.35. The van der Waals surface area contributed by atoms with E-state index in [1.54, 1.807) is 7.11 Å². The minimum absolute atomic E-state index is 0.0150. The molecule has 0 saturated carbocycles. The summed E-state index contributed by atoms with van der Waals surface area (Å²) >= 11 is 0. The van der Waals surface area contributed by atoms with Crippen LogP contribution < -0.4 is 14.4 Å². The van der Waals surface area contributed by atoms with Crippen molar-refractivity contribution in [3.8, 4) is 5.75 Å². The highest BCUT2D eigenvalue weighted by atomic mass is 32.2. The molecule has 0 aliphatic carbocycles. The van der Waals surface area contributed by atoms with E-state index < -0.39 is 10.0 Å². The first-order valence-corrected chi connectivity index (χ1v) is 10.3. The normalized spacial score (nSPS) is 16.2. The standard InChI is InChI=1S/C17H29N3O4S/c1-23-14-15-25(21,22)18-8-5-9-19-10-12-20(13-11-19)16-6-3-4-7-17(16)24-2/h3-4,6-7,18H,5,8-15H2,1-2H3. The molecule has 8 heteroatoms. The number of para-hydroxylation sites is 2. The fourth-order valence-corrected chi connectivity index (χ4v) is 3.88. The molecule has 1 aliphatic rings. The number of hydrogen-bond acceptors (Lipinski definition) is 6. The van der Waals surface area contributed by atoms with Crippen molar-refractivity contribution in [2.24, 2.45) is 0 Å². The lowest BCUT2D eigenvalue weighted by atomic mass is 10.2. The number of methoxy groups -OCH3 is 2. The zero-order valence-electron chi connectivity index (χ0n) is 15.1. The SMILES string of the molecule is COCCS(=O)(=O)NCCCN1CCN(c2ccccc2OC)CC1. The quantitative estimate of drug-likeness (QED) is 0.613. The van der Waals surface area contributed by atoms with Gasteiger partial charge in [-0.25, -0.2) is 13.1 Å². The van der Waals surface area contributed by atoms with Crippen LogP contribution in [0, 0.1) is 0 Å². The van der Waals surface area contributed by atoms with Crippen molar-refractivity contribution in [2.75, 3.05) is 70.7 Å². The van der Waals surface area contributed by atoms with Gasteiger partial charge in [-0.3, -0.25) is 4.90 Å². The average molecular weight is 372 g/mol. The molecule has 1 saturated heterocycles. The highest BCUT2D eigenvalue weighted by Gasteiger charge is 2.19. The Bertz CT molecular complexity index is 616. The maximum Gasteiger partial charge on any atom is 0.213 e. The van der Waals surface area contributed by atoms with Crippen molar-refractivity contribution in [3.05, 3.63) is 24.3 Å². The maximum atomic E-state index is 11.7. The molecule has 25 heavy (non-hydrogen) atoms. The van der Waals surface area contributed by atoms with Gasteiger partial charge in [-0.15, -0.1) is 0 Å². The van der Waals surface area contributed by atoms with Crippen molar-refractivity contribution in [2.45, 2.75) is 6.42 Å². The zero-order valence-corrected chi connectivity index (χ0v) is 15.9. The lowest BCUT2D eigenvalue weighted by Crippen LogP contribution is -2.47. The summed E-state index contributed by atoms with van der Waals surface area (Å²) in [5.41, 5.74) is 1.13. The second-order valence-electron chi connectivity index (χ2n) is 6.06. The molecule has 1 heterocycles. The molecule has 7 nitrogen and oxygen atoms in total. The Labute approximate surface area is 150 Å². The fraction of sp³-hybridized carbons (Fsp3) is 0.647. The topological polar surface area (TPSA) is 71.1 Å². The molecular weight excluding hydrogens is 342 g/mol. The van der Waals surface area contributed by atoms with Crippen LogP contribution in [0.2, 0.25) is 0 Å². The van der Waals surface area contributed by atoms with Gasteiger partial charge in [-0.1, -0.05) is 12.1 Å². The minimum atomic E-state index is -3.21. The van der Waals surface area contributed by atoms with Gasteiger partial charge in [-0.05, 0) is 25.1 Å². The molecule has 0 radical (unpaired) electrons. The number of rotatable bonds is 10. The van der Waals surface area contributed by atoms with Crippen LogP contribution >= 0.6 is 0 Å². The first kappa shape index (κ1) is 20.0. The molecule has 1 N–H and O–H groups in total. The Kier molecular flexibility index (Phi) is 7.95. The third-order valence-corrected chi connectivity index (χ3v) is 5.68. The van der Waals surface area contributed by atoms with E-state index in [1.807, 2.05) is 18.2 Å². The summed E-state index contributed by atoms with van der Waals surface area (Å²) in [5, 5.41) is 0. The van der Waals surface area contributed by atoms with Gasteiger partial charge in [0.05, 0.1) is 25.2 Å². The second-order valence-corrected chi connectivity index (χ2v) is 7.99. The molecule has 0 aromatic heterocycles. The molecule has 142 valence electrons. The van der Waals surface area contributed by atoms with Gasteiger partial charge in [-0.2, -0.15) is 0 Å². The molecule has 2 rings (SSSR count).